The lowest BCUT2D eigenvalue weighted by molar-refractivity contribution is -0.297. The lowest BCUT2D eigenvalue weighted by Gasteiger charge is -2.40. The van der Waals surface area contributed by atoms with Crippen LogP contribution in [0, 0.1) is 0 Å². The second kappa shape index (κ2) is 24.8. The Hall–Kier alpha value is -1.35. The number of ether oxygens (including phenoxy) is 4. The van der Waals surface area contributed by atoms with E-state index in [9.17, 15) is 33.3 Å². The summed E-state index contributed by atoms with van der Waals surface area (Å²) in [6.45, 7) is 3.64. The second-order valence-electron chi connectivity index (χ2n) is 12.2. The highest BCUT2D eigenvalue weighted by Crippen LogP contribution is 2.24. The molecule has 0 unspecified atom stereocenters. The van der Waals surface area contributed by atoms with Crippen LogP contribution in [-0.2, 0) is 38.7 Å². The largest absolute Gasteiger partial charge is 0.462 e. The molecule has 45 heavy (non-hydrogen) atoms. The highest BCUT2D eigenvalue weighted by molar-refractivity contribution is 7.85. The van der Waals surface area contributed by atoms with Gasteiger partial charge in [0.25, 0.3) is 10.1 Å². The highest BCUT2D eigenvalue weighted by Gasteiger charge is 2.46. The molecular weight excluding hydrogens is 608 g/mol. The third-order valence-corrected chi connectivity index (χ3v) is 8.69. The first-order chi connectivity index (χ1) is 21.5. The topological polar surface area (TPSA) is 186 Å². The predicted octanol–water partition coefficient (Wildman–Crippen LogP) is 4.61. The number of aliphatic hydroxyl groups is 3. The molecule has 1 aliphatic rings. The van der Waals surface area contributed by atoms with E-state index < -0.39 is 71.2 Å². The Bertz CT molecular complexity index is 883. The molecule has 4 N–H and O–H groups in total. The van der Waals surface area contributed by atoms with Crippen molar-refractivity contribution in [2.24, 2.45) is 0 Å². The summed E-state index contributed by atoms with van der Waals surface area (Å²) in [5.74, 6) is -1.98. The van der Waals surface area contributed by atoms with Gasteiger partial charge in [-0.25, -0.2) is 0 Å². The maximum atomic E-state index is 12.6. The van der Waals surface area contributed by atoms with Crippen LogP contribution in [0.3, 0.4) is 0 Å². The number of hydrogen-bond donors (Lipinski definition) is 4. The van der Waals surface area contributed by atoms with Crippen molar-refractivity contribution in [2.75, 3.05) is 19.0 Å². The molecular formula is C32H60O12S. The molecule has 1 fully saturated rings. The van der Waals surface area contributed by atoms with Crippen molar-refractivity contribution >= 4 is 22.1 Å². The first-order valence-electron chi connectivity index (χ1n) is 17.1. The molecule has 12 nitrogen and oxygen atoms in total. The second-order valence-corrected chi connectivity index (χ2v) is 13.7. The van der Waals surface area contributed by atoms with Gasteiger partial charge in [-0.05, 0) is 12.8 Å². The standard InChI is InChI=1S/C32H60O12S/c1-3-5-7-9-11-12-13-15-17-19-21-28(34)43-25(22-41-27(33)20-18-16-14-10-8-6-4-2)23-42-32-31(37)30(36)29(35)26(44-32)24-45(38,39)40/h25-26,29-32,35-37H,3-24H2,1-2H3,(H,38,39,40)/t25-,26-,29-,30+,31-,32-/m1/s1. The molecule has 1 aliphatic heterocycles. The zero-order valence-electron chi connectivity index (χ0n) is 27.5. The number of carbonyl (C=O) groups excluding carboxylic acids is 2. The lowest BCUT2D eigenvalue weighted by atomic mass is 10.00. The van der Waals surface area contributed by atoms with Gasteiger partial charge in [-0.1, -0.05) is 110 Å². The van der Waals surface area contributed by atoms with Crippen LogP contribution >= 0.6 is 0 Å². The number of carbonyl (C=O) groups is 2. The van der Waals surface area contributed by atoms with Gasteiger partial charge in [-0.15, -0.1) is 0 Å². The van der Waals surface area contributed by atoms with Crippen molar-refractivity contribution in [3.05, 3.63) is 0 Å². The fourth-order valence-corrected chi connectivity index (χ4v) is 5.89. The number of aliphatic hydroxyl groups excluding tert-OH is 3. The summed E-state index contributed by atoms with van der Waals surface area (Å²) in [6, 6.07) is 0. The molecule has 0 aromatic carbocycles. The first kappa shape index (κ1) is 41.7. The lowest BCUT2D eigenvalue weighted by Crippen LogP contribution is -2.60. The monoisotopic (exact) mass is 668 g/mol. The Kier molecular flexibility index (Phi) is 22.9. The fraction of sp³-hybridized carbons (Fsp3) is 0.938. The van der Waals surface area contributed by atoms with Gasteiger partial charge in [0.05, 0.1) is 6.61 Å². The molecule has 6 atom stereocenters. The molecule has 0 saturated carbocycles. The SMILES string of the molecule is CCCCCCCCCCCCC(=O)O[C@H](COC(=O)CCCCCCCCC)CO[C@@H]1O[C@H](CS(=O)(=O)O)[C@@H](O)[C@H](O)[C@H]1O. The van der Waals surface area contributed by atoms with Crippen LogP contribution in [0.5, 0.6) is 0 Å². The van der Waals surface area contributed by atoms with Gasteiger partial charge >= 0.3 is 11.9 Å². The van der Waals surface area contributed by atoms with Gasteiger partial charge in [0.1, 0.15) is 36.8 Å². The molecule has 0 amide bonds. The molecule has 0 bridgehead atoms. The van der Waals surface area contributed by atoms with Crippen molar-refractivity contribution in [3.8, 4) is 0 Å². The average molecular weight is 669 g/mol. The molecule has 1 saturated heterocycles. The molecule has 0 aromatic heterocycles. The quantitative estimate of drug-likeness (QED) is 0.0542. The number of hydrogen-bond acceptors (Lipinski definition) is 11. The van der Waals surface area contributed by atoms with Gasteiger partial charge in [0.15, 0.2) is 12.4 Å². The van der Waals surface area contributed by atoms with Crippen molar-refractivity contribution in [1.29, 1.82) is 0 Å². The zero-order valence-corrected chi connectivity index (χ0v) is 28.3. The Morgan fingerprint density at radius 2 is 1.13 bits per heavy atom. The maximum absolute atomic E-state index is 12.6. The third kappa shape index (κ3) is 20.5. The maximum Gasteiger partial charge on any atom is 0.306 e. The van der Waals surface area contributed by atoms with Crippen LogP contribution in [0.1, 0.15) is 136 Å². The molecule has 13 heteroatoms. The van der Waals surface area contributed by atoms with Crippen molar-refractivity contribution in [3.63, 3.8) is 0 Å². The van der Waals surface area contributed by atoms with Gasteiger partial charge in [-0.2, -0.15) is 8.42 Å². The summed E-state index contributed by atoms with van der Waals surface area (Å²) >= 11 is 0. The minimum atomic E-state index is -4.58. The number of rotatable bonds is 27. The van der Waals surface area contributed by atoms with E-state index in [1.165, 1.54) is 57.8 Å². The molecule has 0 radical (unpaired) electrons. The van der Waals surface area contributed by atoms with E-state index in [1.807, 2.05) is 0 Å². The van der Waals surface area contributed by atoms with Crippen molar-refractivity contribution < 1.29 is 56.8 Å². The summed E-state index contributed by atoms with van der Waals surface area (Å²) in [5, 5.41) is 30.6. The van der Waals surface area contributed by atoms with E-state index in [4.69, 9.17) is 23.5 Å². The normalized spacial score (nSPS) is 22.7. The molecule has 266 valence electrons. The van der Waals surface area contributed by atoms with Gasteiger partial charge in [0, 0.05) is 12.8 Å². The third-order valence-electron chi connectivity index (χ3n) is 7.94. The van der Waals surface area contributed by atoms with Crippen LogP contribution in [0.4, 0.5) is 0 Å². The van der Waals surface area contributed by atoms with Crippen LogP contribution < -0.4 is 0 Å². The Morgan fingerprint density at radius 1 is 0.667 bits per heavy atom. The Morgan fingerprint density at radius 3 is 1.62 bits per heavy atom. The number of esters is 2. The van der Waals surface area contributed by atoms with Crippen molar-refractivity contribution in [1.82, 2.24) is 0 Å². The predicted molar refractivity (Wildman–Crippen MR) is 169 cm³/mol. The highest BCUT2D eigenvalue weighted by atomic mass is 32.2. The van der Waals surface area contributed by atoms with Crippen LogP contribution in [0.2, 0.25) is 0 Å². The van der Waals surface area contributed by atoms with Gasteiger partial charge in [0.2, 0.25) is 0 Å². The van der Waals surface area contributed by atoms with E-state index in [0.717, 1.165) is 38.5 Å². The van der Waals surface area contributed by atoms with Crippen LogP contribution in [-0.4, -0.2) is 96.0 Å². The number of unbranched alkanes of at least 4 members (excludes halogenated alkanes) is 15. The Labute approximate surface area is 270 Å². The van der Waals surface area contributed by atoms with Crippen LogP contribution in [0.15, 0.2) is 0 Å². The molecule has 0 spiro atoms. The minimum Gasteiger partial charge on any atom is -0.462 e. The first-order valence-corrected chi connectivity index (χ1v) is 18.7. The summed E-state index contributed by atoms with van der Waals surface area (Å²) in [5.41, 5.74) is 0. The summed E-state index contributed by atoms with van der Waals surface area (Å²) in [4.78, 5) is 24.9. The van der Waals surface area contributed by atoms with E-state index in [0.29, 0.717) is 12.8 Å². The van der Waals surface area contributed by atoms with E-state index >= 15 is 0 Å². The summed E-state index contributed by atoms with van der Waals surface area (Å²) in [6.07, 6.45) is 9.20. The molecule has 1 rings (SSSR count). The van der Waals surface area contributed by atoms with E-state index in [-0.39, 0.29) is 19.4 Å². The molecule has 0 aliphatic carbocycles. The summed E-state index contributed by atoms with van der Waals surface area (Å²) in [7, 11) is -4.58. The molecule has 0 aromatic rings. The summed E-state index contributed by atoms with van der Waals surface area (Å²) < 4.78 is 53.5. The van der Waals surface area contributed by atoms with E-state index in [2.05, 4.69) is 13.8 Å². The average Bonchev–Trinajstić information content (AvgIpc) is 2.99. The fourth-order valence-electron chi connectivity index (χ4n) is 5.20. The zero-order chi connectivity index (χ0) is 33.5. The van der Waals surface area contributed by atoms with Gasteiger partial charge < -0.3 is 34.3 Å². The minimum absolute atomic E-state index is 0.170. The van der Waals surface area contributed by atoms with E-state index in [1.54, 1.807) is 0 Å². The van der Waals surface area contributed by atoms with Gasteiger partial charge in [-0.3, -0.25) is 14.1 Å². The smallest absolute Gasteiger partial charge is 0.306 e. The molecule has 1 heterocycles. The Balaban J connectivity index is 2.59. The van der Waals surface area contributed by atoms with Crippen LogP contribution in [0.25, 0.3) is 0 Å². The van der Waals surface area contributed by atoms with Crippen molar-refractivity contribution in [2.45, 2.75) is 173 Å².